The van der Waals surface area contributed by atoms with Gasteiger partial charge in [-0.3, -0.25) is 4.79 Å². The minimum absolute atomic E-state index is 0.0328. The maximum Gasteiger partial charge on any atom is 0.416 e. The van der Waals surface area contributed by atoms with E-state index in [1.807, 2.05) is 0 Å². The molecule has 0 saturated heterocycles. The van der Waals surface area contributed by atoms with Crippen LogP contribution in [-0.4, -0.2) is 11.9 Å². The third-order valence-electron chi connectivity index (χ3n) is 3.48. The van der Waals surface area contributed by atoms with Crippen LogP contribution in [0, 0.1) is 0 Å². The second-order valence-electron chi connectivity index (χ2n) is 5.00. The number of nitrogens with one attached hydrogen (secondary N) is 1. The van der Waals surface area contributed by atoms with E-state index in [1.54, 1.807) is 0 Å². The summed E-state index contributed by atoms with van der Waals surface area (Å²) in [6, 6.07) is 3.18. The van der Waals surface area contributed by atoms with Crippen molar-refractivity contribution in [1.82, 2.24) is 5.32 Å². The highest BCUT2D eigenvalue weighted by molar-refractivity contribution is 9.10. The average Bonchev–Trinajstić information content (AvgIpc) is 2.39. The average molecular weight is 350 g/mol. The van der Waals surface area contributed by atoms with E-state index in [4.69, 9.17) is 0 Å². The molecule has 6 heteroatoms. The maximum atomic E-state index is 12.7. The van der Waals surface area contributed by atoms with Crippen LogP contribution in [0.15, 0.2) is 22.7 Å². The van der Waals surface area contributed by atoms with Gasteiger partial charge in [-0.2, -0.15) is 13.2 Å². The van der Waals surface area contributed by atoms with Crippen LogP contribution < -0.4 is 5.32 Å². The Labute approximate surface area is 123 Å². The van der Waals surface area contributed by atoms with Gasteiger partial charge in [0.2, 0.25) is 0 Å². The summed E-state index contributed by atoms with van der Waals surface area (Å²) in [5.41, 5.74) is -0.778. The highest BCUT2D eigenvalue weighted by Crippen LogP contribution is 2.32. The number of carbonyl (C=O) groups is 1. The Morgan fingerprint density at radius 3 is 2.45 bits per heavy atom. The van der Waals surface area contributed by atoms with Crippen molar-refractivity contribution in [2.45, 2.75) is 44.3 Å². The number of alkyl halides is 3. The normalized spacial score (nSPS) is 17.0. The van der Waals surface area contributed by atoms with Crippen LogP contribution in [0.5, 0.6) is 0 Å². The minimum Gasteiger partial charge on any atom is -0.349 e. The summed E-state index contributed by atoms with van der Waals surface area (Å²) in [4.78, 5) is 12.1. The van der Waals surface area contributed by atoms with Crippen molar-refractivity contribution in [3.8, 4) is 0 Å². The molecule has 0 aliphatic heterocycles. The molecular formula is C14H15BrF3NO. The van der Waals surface area contributed by atoms with Crippen LogP contribution in [0.2, 0.25) is 0 Å². The van der Waals surface area contributed by atoms with Gasteiger partial charge in [0.05, 0.1) is 11.1 Å². The van der Waals surface area contributed by atoms with Crippen LogP contribution in [0.25, 0.3) is 0 Å². The van der Waals surface area contributed by atoms with Gasteiger partial charge in [0.15, 0.2) is 0 Å². The van der Waals surface area contributed by atoms with Crippen LogP contribution in [0.1, 0.15) is 48.0 Å². The second kappa shape index (κ2) is 6.16. The monoisotopic (exact) mass is 349 g/mol. The first-order chi connectivity index (χ1) is 9.38. The fraction of sp³-hybridized carbons (Fsp3) is 0.500. The van der Waals surface area contributed by atoms with Crippen molar-refractivity contribution in [2.24, 2.45) is 0 Å². The molecule has 1 amide bonds. The second-order valence-corrected chi connectivity index (χ2v) is 5.86. The highest BCUT2D eigenvalue weighted by Gasteiger charge is 2.31. The minimum atomic E-state index is -4.44. The van der Waals surface area contributed by atoms with E-state index in [1.165, 1.54) is 6.07 Å². The summed E-state index contributed by atoms with van der Waals surface area (Å²) in [6.07, 6.45) is 0.592. The lowest BCUT2D eigenvalue weighted by atomic mass is 9.95. The standard InChI is InChI=1S/C14H15BrF3NO/c15-12-7-6-9(14(16,17)18)8-11(12)13(20)19-10-4-2-1-3-5-10/h6-8,10H,1-5H2,(H,19,20). The summed E-state index contributed by atoms with van der Waals surface area (Å²) in [5.74, 6) is -0.449. The Balaban J connectivity index is 2.16. The molecule has 1 N–H and O–H groups in total. The number of carbonyl (C=O) groups excluding carboxylic acids is 1. The zero-order valence-corrected chi connectivity index (χ0v) is 12.4. The number of benzene rings is 1. The number of hydrogen-bond acceptors (Lipinski definition) is 1. The first kappa shape index (κ1) is 15.4. The third kappa shape index (κ3) is 3.75. The van der Waals surface area contributed by atoms with Crippen molar-refractivity contribution in [3.05, 3.63) is 33.8 Å². The largest absolute Gasteiger partial charge is 0.416 e. The molecule has 0 aromatic heterocycles. The molecule has 1 aliphatic rings. The Kier molecular flexibility index (Phi) is 4.73. The Morgan fingerprint density at radius 2 is 1.85 bits per heavy atom. The van der Waals surface area contributed by atoms with Crippen molar-refractivity contribution in [3.63, 3.8) is 0 Å². The van der Waals surface area contributed by atoms with E-state index in [9.17, 15) is 18.0 Å². The molecule has 0 unspecified atom stereocenters. The molecule has 2 rings (SSSR count). The zero-order valence-electron chi connectivity index (χ0n) is 10.8. The van der Waals surface area contributed by atoms with E-state index < -0.39 is 17.6 Å². The quantitative estimate of drug-likeness (QED) is 0.834. The van der Waals surface area contributed by atoms with Gasteiger partial charge < -0.3 is 5.32 Å². The topological polar surface area (TPSA) is 29.1 Å². The van der Waals surface area contributed by atoms with E-state index in [-0.39, 0.29) is 11.6 Å². The summed E-state index contributed by atoms with van der Waals surface area (Å²) in [5, 5.41) is 2.82. The molecule has 110 valence electrons. The fourth-order valence-corrected chi connectivity index (χ4v) is 2.81. The predicted molar refractivity (Wildman–Crippen MR) is 73.5 cm³/mol. The lowest BCUT2D eigenvalue weighted by molar-refractivity contribution is -0.137. The predicted octanol–water partition coefficient (Wildman–Crippen LogP) is 4.53. The first-order valence-electron chi connectivity index (χ1n) is 6.55. The van der Waals surface area contributed by atoms with Gasteiger partial charge in [-0.1, -0.05) is 19.3 Å². The fourth-order valence-electron chi connectivity index (χ4n) is 2.39. The highest BCUT2D eigenvalue weighted by atomic mass is 79.9. The van der Waals surface area contributed by atoms with Gasteiger partial charge in [-0.25, -0.2) is 0 Å². The molecule has 0 bridgehead atoms. The smallest absolute Gasteiger partial charge is 0.349 e. The van der Waals surface area contributed by atoms with Crippen molar-refractivity contribution >= 4 is 21.8 Å². The van der Waals surface area contributed by atoms with E-state index in [0.717, 1.165) is 44.2 Å². The van der Waals surface area contributed by atoms with Crippen LogP contribution in [0.3, 0.4) is 0 Å². The number of hydrogen-bond donors (Lipinski definition) is 1. The van der Waals surface area contributed by atoms with Crippen molar-refractivity contribution in [2.75, 3.05) is 0 Å². The van der Waals surface area contributed by atoms with Crippen LogP contribution in [-0.2, 0) is 6.18 Å². The van der Waals surface area contributed by atoms with E-state index >= 15 is 0 Å². The number of amides is 1. The van der Waals surface area contributed by atoms with Gasteiger partial charge in [-0.05, 0) is 47.0 Å². The SMILES string of the molecule is O=C(NC1CCCCC1)c1cc(C(F)(F)F)ccc1Br. The van der Waals surface area contributed by atoms with E-state index in [0.29, 0.717) is 4.47 Å². The molecule has 1 saturated carbocycles. The molecule has 0 heterocycles. The van der Waals surface area contributed by atoms with Gasteiger partial charge in [0, 0.05) is 10.5 Å². The van der Waals surface area contributed by atoms with Gasteiger partial charge in [-0.15, -0.1) is 0 Å². The molecule has 0 radical (unpaired) electrons. The third-order valence-corrected chi connectivity index (χ3v) is 4.17. The van der Waals surface area contributed by atoms with Crippen molar-refractivity contribution < 1.29 is 18.0 Å². The van der Waals surface area contributed by atoms with Crippen LogP contribution >= 0.6 is 15.9 Å². The lowest BCUT2D eigenvalue weighted by Crippen LogP contribution is -2.36. The van der Waals surface area contributed by atoms with E-state index in [2.05, 4.69) is 21.2 Å². The molecule has 1 fully saturated rings. The number of halogens is 4. The van der Waals surface area contributed by atoms with Crippen molar-refractivity contribution in [1.29, 1.82) is 0 Å². The Bertz CT molecular complexity index is 496. The molecule has 20 heavy (non-hydrogen) atoms. The van der Waals surface area contributed by atoms with Crippen LogP contribution in [0.4, 0.5) is 13.2 Å². The first-order valence-corrected chi connectivity index (χ1v) is 7.35. The molecule has 1 aromatic rings. The summed E-state index contributed by atoms with van der Waals surface area (Å²) in [6.45, 7) is 0. The summed E-state index contributed by atoms with van der Waals surface area (Å²) < 4.78 is 38.4. The lowest BCUT2D eigenvalue weighted by Gasteiger charge is -2.23. The zero-order chi connectivity index (χ0) is 14.8. The summed E-state index contributed by atoms with van der Waals surface area (Å²) in [7, 11) is 0. The molecule has 1 aliphatic carbocycles. The number of rotatable bonds is 2. The Morgan fingerprint density at radius 1 is 1.20 bits per heavy atom. The molecule has 0 atom stereocenters. The summed E-state index contributed by atoms with van der Waals surface area (Å²) >= 11 is 3.13. The Hall–Kier alpha value is -1.04. The molecule has 0 spiro atoms. The molecule has 2 nitrogen and oxygen atoms in total. The van der Waals surface area contributed by atoms with Gasteiger partial charge >= 0.3 is 6.18 Å². The van der Waals surface area contributed by atoms with Gasteiger partial charge in [0.25, 0.3) is 5.91 Å². The maximum absolute atomic E-state index is 12.7. The molecule has 1 aromatic carbocycles. The van der Waals surface area contributed by atoms with Gasteiger partial charge in [0.1, 0.15) is 0 Å². The molecular weight excluding hydrogens is 335 g/mol.